The molecule has 1 heterocycles. The van der Waals surface area contributed by atoms with Crippen LogP contribution < -0.4 is 4.74 Å². The molecule has 0 spiro atoms. The summed E-state index contributed by atoms with van der Waals surface area (Å²) in [4.78, 5) is 16.9. The predicted octanol–water partition coefficient (Wildman–Crippen LogP) is 4.83. The Hall–Kier alpha value is -2.05. The first-order valence-corrected chi connectivity index (χ1v) is 9.44. The van der Waals surface area contributed by atoms with Crippen LogP contribution in [0, 0.1) is 0 Å². The highest BCUT2D eigenvalue weighted by Gasteiger charge is 2.15. The number of benzene rings is 2. The Labute approximate surface area is 159 Å². The third kappa shape index (κ3) is 3.96. The molecule has 0 radical (unpaired) electrons. The summed E-state index contributed by atoms with van der Waals surface area (Å²) in [7, 11) is 3.53. The Morgan fingerprint density at radius 2 is 1.92 bits per heavy atom. The van der Waals surface area contributed by atoms with Gasteiger partial charge in [-0.3, -0.25) is 4.79 Å². The van der Waals surface area contributed by atoms with Crippen LogP contribution in [-0.2, 0) is 7.05 Å². The van der Waals surface area contributed by atoms with Crippen molar-refractivity contribution in [3.05, 3.63) is 64.8 Å². The zero-order valence-electron chi connectivity index (χ0n) is 13.9. The van der Waals surface area contributed by atoms with Crippen LogP contribution >= 0.6 is 27.7 Å². The van der Waals surface area contributed by atoms with Crippen molar-refractivity contribution in [3.63, 3.8) is 0 Å². The van der Waals surface area contributed by atoms with E-state index in [0.717, 1.165) is 20.9 Å². The van der Waals surface area contributed by atoms with Crippen LogP contribution in [0.5, 0.6) is 5.75 Å². The van der Waals surface area contributed by atoms with Gasteiger partial charge in [-0.1, -0.05) is 52.0 Å². The van der Waals surface area contributed by atoms with Crippen molar-refractivity contribution < 1.29 is 9.53 Å². The average Bonchev–Trinajstić information content (AvgIpc) is 3.01. The van der Waals surface area contributed by atoms with Crippen LogP contribution in [0.15, 0.2) is 64.4 Å². The van der Waals surface area contributed by atoms with E-state index in [1.54, 1.807) is 19.2 Å². The summed E-state index contributed by atoms with van der Waals surface area (Å²) < 4.78 is 8.30. The fourth-order valence-corrected chi connectivity index (χ4v) is 3.60. The second kappa shape index (κ2) is 7.89. The molecule has 25 heavy (non-hydrogen) atoms. The quantitative estimate of drug-likeness (QED) is 0.426. The number of thioether (sulfide) groups is 1. The van der Waals surface area contributed by atoms with Crippen LogP contribution in [0.1, 0.15) is 10.4 Å². The Kier molecular flexibility index (Phi) is 5.60. The number of para-hydroxylation sites is 1. The van der Waals surface area contributed by atoms with Gasteiger partial charge < -0.3 is 9.30 Å². The van der Waals surface area contributed by atoms with Crippen molar-refractivity contribution in [2.24, 2.45) is 7.05 Å². The number of carbonyl (C=O) groups excluding carboxylic acids is 1. The van der Waals surface area contributed by atoms with Gasteiger partial charge in [0.1, 0.15) is 5.75 Å². The fraction of sp³-hybridized carbons (Fsp3) is 0.158. The maximum absolute atomic E-state index is 12.5. The third-order valence-electron chi connectivity index (χ3n) is 3.83. The number of carbonyl (C=O) groups is 1. The van der Waals surface area contributed by atoms with E-state index in [1.165, 1.54) is 11.8 Å². The van der Waals surface area contributed by atoms with Gasteiger partial charge in [-0.05, 0) is 29.8 Å². The number of Topliss-reactive ketones (excluding diaryl/α,β-unsaturated/α-hetero) is 1. The van der Waals surface area contributed by atoms with Gasteiger partial charge in [0.05, 0.1) is 30.3 Å². The van der Waals surface area contributed by atoms with E-state index in [4.69, 9.17) is 4.74 Å². The van der Waals surface area contributed by atoms with Gasteiger partial charge in [0.2, 0.25) is 0 Å². The lowest BCUT2D eigenvalue weighted by molar-refractivity contribution is 0.101. The van der Waals surface area contributed by atoms with Gasteiger partial charge in [-0.15, -0.1) is 0 Å². The molecule has 0 aliphatic heterocycles. The smallest absolute Gasteiger partial charge is 0.176 e. The van der Waals surface area contributed by atoms with E-state index in [0.29, 0.717) is 17.1 Å². The topological polar surface area (TPSA) is 44.1 Å². The molecule has 0 amide bonds. The fourth-order valence-electron chi connectivity index (χ4n) is 2.50. The van der Waals surface area contributed by atoms with Gasteiger partial charge in [0.25, 0.3) is 0 Å². The van der Waals surface area contributed by atoms with Crippen molar-refractivity contribution in [1.82, 2.24) is 9.55 Å². The van der Waals surface area contributed by atoms with Gasteiger partial charge in [-0.2, -0.15) is 0 Å². The van der Waals surface area contributed by atoms with Gasteiger partial charge >= 0.3 is 0 Å². The second-order valence-corrected chi connectivity index (χ2v) is 7.26. The average molecular weight is 417 g/mol. The highest BCUT2D eigenvalue weighted by Crippen LogP contribution is 2.27. The number of halogens is 1. The molecular formula is C19H17BrN2O2S. The molecule has 0 bridgehead atoms. The van der Waals surface area contributed by atoms with Crippen LogP contribution in [0.4, 0.5) is 0 Å². The number of aromatic nitrogens is 2. The SMILES string of the molecule is COc1ccccc1C(=O)CSc1ncc(-c2ccc(Br)cc2)n1C. The summed E-state index contributed by atoms with van der Waals surface area (Å²) in [5.74, 6) is 0.935. The van der Waals surface area contributed by atoms with E-state index in [2.05, 4.69) is 20.9 Å². The molecule has 0 aliphatic rings. The summed E-state index contributed by atoms with van der Waals surface area (Å²) >= 11 is 4.87. The Morgan fingerprint density at radius 1 is 1.20 bits per heavy atom. The lowest BCUT2D eigenvalue weighted by Crippen LogP contribution is -2.06. The second-order valence-electron chi connectivity index (χ2n) is 5.40. The van der Waals surface area contributed by atoms with Crippen molar-refractivity contribution in [3.8, 4) is 17.0 Å². The zero-order valence-corrected chi connectivity index (χ0v) is 16.3. The number of ether oxygens (including phenoxy) is 1. The lowest BCUT2D eigenvalue weighted by Gasteiger charge is -2.08. The number of hydrogen-bond acceptors (Lipinski definition) is 4. The van der Waals surface area contributed by atoms with Crippen molar-refractivity contribution in [1.29, 1.82) is 0 Å². The molecule has 0 saturated carbocycles. The summed E-state index contributed by atoms with van der Waals surface area (Å²) in [5.41, 5.74) is 2.70. The number of hydrogen-bond donors (Lipinski definition) is 0. The molecule has 0 aliphatic carbocycles. The first-order chi connectivity index (χ1) is 12.1. The molecule has 0 atom stereocenters. The molecule has 0 N–H and O–H groups in total. The van der Waals surface area contributed by atoms with Crippen LogP contribution in [0.3, 0.4) is 0 Å². The minimum absolute atomic E-state index is 0.0237. The predicted molar refractivity (Wildman–Crippen MR) is 104 cm³/mol. The normalized spacial score (nSPS) is 10.7. The molecular weight excluding hydrogens is 400 g/mol. The first kappa shape index (κ1) is 17.8. The third-order valence-corrected chi connectivity index (χ3v) is 5.40. The van der Waals surface area contributed by atoms with Crippen molar-refractivity contribution in [2.45, 2.75) is 5.16 Å². The van der Waals surface area contributed by atoms with Crippen LogP contribution in [-0.4, -0.2) is 28.2 Å². The molecule has 128 valence electrons. The first-order valence-electron chi connectivity index (χ1n) is 7.67. The standard InChI is InChI=1S/C19H17BrN2O2S/c1-22-16(13-7-9-14(20)10-8-13)11-21-19(22)25-12-17(23)15-5-3-4-6-18(15)24-2/h3-11H,12H2,1-2H3. The number of rotatable bonds is 6. The number of ketones is 1. The monoisotopic (exact) mass is 416 g/mol. The van der Waals surface area contributed by atoms with Crippen LogP contribution in [0.2, 0.25) is 0 Å². The van der Waals surface area contributed by atoms with E-state index in [1.807, 2.05) is 54.2 Å². The zero-order chi connectivity index (χ0) is 17.8. The summed E-state index contributed by atoms with van der Waals surface area (Å²) in [6.07, 6.45) is 1.83. The lowest BCUT2D eigenvalue weighted by atomic mass is 10.1. The molecule has 0 unspecified atom stereocenters. The molecule has 2 aromatic carbocycles. The summed E-state index contributed by atoms with van der Waals surface area (Å²) in [6.45, 7) is 0. The largest absolute Gasteiger partial charge is 0.496 e. The minimum Gasteiger partial charge on any atom is -0.496 e. The highest BCUT2D eigenvalue weighted by molar-refractivity contribution is 9.10. The van der Waals surface area contributed by atoms with Crippen molar-refractivity contribution in [2.75, 3.05) is 12.9 Å². The highest BCUT2D eigenvalue weighted by atomic mass is 79.9. The van der Waals surface area contributed by atoms with Gasteiger partial charge in [-0.25, -0.2) is 4.98 Å². The molecule has 3 aromatic rings. The Morgan fingerprint density at radius 3 is 2.64 bits per heavy atom. The molecule has 0 fully saturated rings. The molecule has 4 nitrogen and oxygen atoms in total. The Bertz CT molecular complexity index is 891. The summed E-state index contributed by atoms with van der Waals surface area (Å²) in [6, 6.07) is 15.3. The van der Waals surface area contributed by atoms with E-state index in [9.17, 15) is 4.79 Å². The number of nitrogens with zero attached hydrogens (tertiary/aromatic N) is 2. The molecule has 3 rings (SSSR count). The molecule has 1 aromatic heterocycles. The maximum Gasteiger partial charge on any atom is 0.176 e. The van der Waals surface area contributed by atoms with Gasteiger partial charge in [0.15, 0.2) is 10.9 Å². The Balaban J connectivity index is 1.74. The van der Waals surface area contributed by atoms with Crippen molar-refractivity contribution >= 4 is 33.5 Å². The molecule has 6 heteroatoms. The van der Waals surface area contributed by atoms with Crippen LogP contribution in [0.25, 0.3) is 11.3 Å². The minimum atomic E-state index is 0.0237. The number of methoxy groups -OCH3 is 1. The molecule has 0 saturated heterocycles. The number of imidazole rings is 1. The maximum atomic E-state index is 12.5. The summed E-state index contributed by atoms with van der Waals surface area (Å²) in [5, 5.41) is 0.807. The van der Waals surface area contributed by atoms with E-state index in [-0.39, 0.29) is 5.78 Å². The van der Waals surface area contributed by atoms with E-state index < -0.39 is 0 Å². The van der Waals surface area contributed by atoms with E-state index >= 15 is 0 Å². The van der Waals surface area contributed by atoms with Gasteiger partial charge in [0, 0.05) is 11.5 Å².